The maximum absolute atomic E-state index is 11.2. The fourth-order valence-electron chi connectivity index (χ4n) is 1.97. The van der Waals surface area contributed by atoms with Gasteiger partial charge in [-0.25, -0.2) is 18.2 Å². The van der Waals surface area contributed by atoms with Crippen molar-refractivity contribution in [3.8, 4) is 5.69 Å². The summed E-state index contributed by atoms with van der Waals surface area (Å²) in [6.07, 6.45) is 3.24. The van der Waals surface area contributed by atoms with Crippen LogP contribution in [0.25, 0.3) is 5.69 Å². The SMILES string of the molecule is CCCCc1c(C=O)nnn1-c1ccc(S(N)(=O)=O)cc1. The molecule has 0 spiro atoms. The second-order valence-electron chi connectivity index (χ2n) is 4.59. The Bertz CT molecular complexity index is 735. The maximum Gasteiger partial charge on any atom is 0.238 e. The van der Waals surface area contributed by atoms with Crippen LogP contribution in [0.15, 0.2) is 29.2 Å². The quantitative estimate of drug-likeness (QED) is 0.803. The van der Waals surface area contributed by atoms with Crippen molar-refractivity contribution >= 4 is 16.3 Å². The van der Waals surface area contributed by atoms with Gasteiger partial charge in [0.05, 0.1) is 16.3 Å². The molecule has 1 aromatic heterocycles. The summed E-state index contributed by atoms with van der Waals surface area (Å²) in [6.45, 7) is 2.05. The minimum atomic E-state index is -3.73. The molecule has 0 aliphatic heterocycles. The number of hydrogen-bond acceptors (Lipinski definition) is 5. The van der Waals surface area contributed by atoms with Crippen LogP contribution in [-0.4, -0.2) is 29.7 Å². The van der Waals surface area contributed by atoms with Gasteiger partial charge in [-0.3, -0.25) is 4.79 Å². The third-order valence-corrected chi connectivity index (χ3v) is 4.01. The summed E-state index contributed by atoms with van der Waals surface area (Å²) in [7, 11) is -3.73. The van der Waals surface area contributed by atoms with Crippen LogP contribution in [0, 0.1) is 0 Å². The van der Waals surface area contributed by atoms with Gasteiger partial charge < -0.3 is 0 Å². The van der Waals surface area contributed by atoms with Gasteiger partial charge in [-0.2, -0.15) is 0 Å². The lowest BCUT2D eigenvalue weighted by atomic mass is 10.1. The molecule has 0 aliphatic carbocycles. The van der Waals surface area contributed by atoms with Crippen LogP contribution < -0.4 is 5.14 Å². The van der Waals surface area contributed by atoms with Crippen LogP contribution in [0.1, 0.15) is 35.9 Å². The summed E-state index contributed by atoms with van der Waals surface area (Å²) in [5.74, 6) is 0. The lowest BCUT2D eigenvalue weighted by Crippen LogP contribution is -2.12. The van der Waals surface area contributed by atoms with E-state index in [0.29, 0.717) is 24.1 Å². The zero-order valence-corrected chi connectivity index (χ0v) is 12.4. The normalized spacial score (nSPS) is 11.5. The van der Waals surface area contributed by atoms with E-state index in [0.717, 1.165) is 18.5 Å². The smallest absolute Gasteiger partial charge is 0.238 e. The van der Waals surface area contributed by atoms with Gasteiger partial charge in [-0.1, -0.05) is 18.6 Å². The first-order chi connectivity index (χ1) is 9.97. The van der Waals surface area contributed by atoms with Crippen molar-refractivity contribution in [3.63, 3.8) is 0 Å². The molecule has 2 aromatic rings. The molecule has 21 heavy (non-hydrogen) atoms. The molecule has 1 heterocycles. The standard InChI is InChI=1S/C13H16N4O3S/c1-2-3-4-13-12(9-18)15-16-17(13)10-5-7-11(8-6-10)21(14,19)20/h5-9H,2-4H2,1H3,(H2,14,19,20). The van der Waals surface area contributed by atoms with Gasteiger partial charge in [0.25, 0.3) is 0 Å². The highest BCUT2D eigenvalue weighted by atomic mass is 32.2. The highest BCUT2D eigenvalue weighted by Gasteiger charge is 2.14. The van der Waals surface area contributed by atoms with E-state index in [4.69, 9.17) is 5.14 Å². The van der Waals surface area contributed by atoms with E-state index in [9.17, 15) is 13.2 Å². The van der Waals surface area contributed by atoms with E-state index >= 15 is 0 Å². The lowest BCUT2D eigenvalue weighted by Gasteiger charge is -2.07. The number of benzene rings is 1. The average Bonchev–Trinajstić information content (AvgIpc) is 2.87. The van der Waals surface area contributed by atoms with Crippen LogP contribution in [0.3, 0.4) is 0 Å². The number of sulfonamides is 1. The molecule has 0 saturated heterocycles. The number of hydrogen-bond donors (Lipinski definition) is 1. The zero-order chi connectivity index (χ0) is 15.5. The Hall–Kier alpha value is -2.06. The van der Waals surface area contributed by atoms with Crippen molar-refractivity contribution in [3.05, 3.63) is 35.7 Å². The largest absolute Gasteiger partial charge is 0.296 e. The number of rotatable bonds is 6. The van der Waals surface area contributed by atoms with Crippen molar-refractivity contribution in [2.24, 2.45) is 5.14 Å². The minimum absolute atomic E-state index is 0.0251. The first-order valence-electron chi connectivity index (χ1n) is 6.50. The van der Waals surface area contributed by atoms with Crippen molar-refractivity contribution in [2.75, 3.05) is 0 Å². The predicted molar refractivity (Wildman–Crippen MR) is 76.7 cm³/mol. The van der Waals surface area contributed by atoms with E-state index in [1.165, 1.54) is 12.1 Å². The third-order valence-electron chi connectivity index (χ3n) is 3.08. The molecular formula is C13H16N4O3S. The summed E-state index contributed by atoms with van der Waals surface area (Å²) >= 11 is 0. The van der Waals surface area contributed by atoms with Gasteiger partial charge in [0, 0.05) is 0 Å². The Balaban J connectivity index is 2.42. The van der Waals surface area contributed by atoms with Crippen molar-refractivity contribution < 1.29 is 13.2 Å². The molecule has 2 N–H and O–H groups in total. The Kier molecular flexibility index (Phi) is 4.49. The topological polar surface area (TPSA) is 108 Å². The summed E-state index contributed by atoms with van der Waals surface area (Å²) in [6, 6.07) is 5.96. The van der Waals surface area contributed by atoms with Crippen LogP contribution in [0.5, 0.6) is 0 Å². The molecule has 0 radical (unpaired) electrons. The molecular weight excluding hydrogens is 292 g/mol. The predicted octanol–water partition coefficient (Wildman–Crippen LogP) is 1.07. The Morgan fingerprint density at radius 1 is 1.29 bits per heavy atom. The fourth-order valence-corrected chi connectivity index (χ4v) is 2.48. The number of carbonyl (C=O) groups is 1. The van der Waals surface area contributed by atoms with E-state index in [2.05, 4.69) is 17.2 Å². The number of unbranched alkanes of at least 4 members (excludes halogenated alkanes) is 1. The molecule has 1 aromatic carbocycles. The monoisotopic (exact) mass is 308 g/mol. The molecule has 0 amide bonds. The average molecular weight is 308 g/mol. The Morgan fingerprint density at radius 3 is 2.48 bits per heavy atom. The number of carbonyl (C=O) groups excluding carboxylic acids is 1. The van der Waals surface area contributed by atoms with Crippen molar-refractivity contribution in [1.82, 2.24) is 15.0 Å². The molecule has 0 saturated carbocycles. The summed E-state index contributed by atoms with van der Waals surface area (Å²) < 4.78 is 24.0. The first kappa shape index (κ1) is 15.3. The molecule has 8 heteroatoms. The van der Waals surface area contributed by atoms with Crippen LogP contribution in [0.2, 0.25) is 0 Å². The van der Waals surface area contributed by atoms with Crippen molar-refractivity contribution in [1.29, 1.82) is 0 Å². The third kappa shape index (κ3) is 3.34. The van der Waals surface area contributed by atoms with Crippen molar-refractivity contribution in [2.45, 2.75) is 31.1 Å². The van der Waals surface area contributed by atoms with E-state index in [1.807, 2.05) is 0 Å². The van der Waals surface area contributed by atoms with Gasteiger partial charge >= 0.3 is 0 Å². The highest BCUT2D eigenvalue weighted by molar-refractivity contribution is 7.89. The minimum Gasteiger partial charge on any atom is -0.296 e. The highest BCUT2D eigenvalue weighted by Crippen LogP contribution is 2.16. The number of nitrogens with two attached hydrogens (primary N) is 1. The fraction of sp³-hybridized carbons (Fsp3) is 0.308. The van der Waals surface area contributed by atoms with Crippen LogP contribution in [-0.2, 0) is 16.4 Å². The second kappa shape index (κ2) is 6.15. The maximum atomic E-state index is 11.2. The number of nitrogens with zero attached hydrogens (tertiary/aromatic N) is 3. The molecule has 0 atom stereocenters. The molecule has 112 valence electrons. The molecule has 7 nitrogen and oxygen atoms in total. The number of aromatic nitrogens is 3. The molecule has 0 fully saturated rings. The number of aldehydes is 1. The summed E-state index contributed by atoms with van der Waals surface area (Å²) in [5.41, 5.74) is 1.66. The second-order valence-corrected chi connectivity index (χ2v) is 6.15. The van der Waals surface area contributed by atoms with Gasteiger partial charge in [-0.15, -0.1) is 5.10 Å². The van der Waals surface area contributed by atoms with Gasteiger partial charge in [0.2, 0.25) is 10.0 Å². The molecule has 0 bridgehead atoms. The van der Waals surface area contributed by atoms with Gasteiger partial charge in [-0.05, 0) is 37.1 Å². The van der Waals surface area contributed by atoms with Gasteiger partial charge in [0.15, 0.2) is 6.29 Å². The van der Waals surface area contributed by atoms with E-state index < -0.39 is 10.0 Å². The van der Waals surface area contributed by atoms with Crippen LogP contribution in [0.4, 0.5) is 0 Å². The van der Waals surface area contributed by atoms with Gasteiger partial charge in [0.1, 0.15) is 5.69 Å². The molecule has 0 unspecified atom stereocenters. The Morgan fingerprint density at radius 2 is 1.95 bits per heavy atom. The molecule has 0 aliphatic rings. The van der Waals surface area contributed by atoms with E-state index in [-0.39, 0.29) is 4.90 Å². The lowest BCUT2D eigenvalue weighted by molar-refractivity contribution is 0.111. The Labute approximate surface area is 122 Å². The van der Waals surface area contributed by atoms with Crippen LogP contribution >= 0.6 is 0 Å². The summed E-state index contributed by atoms with van der Waals surface area (Å²) in [4.78, 5) is 11.0. The summed E-state index contributed by atoms with van der Waals surface area (Å²) in [5, 5.41) is 12.9. The zero-order valence-electron chi connectivity index (χ0n) is 11.6. The number of primary sulfonamides is 1. The van der Waals surface area contributed by atoms with E-state index in [1.54, 1.807) is 16.8 Å². The first-order valence-corrected chi connectivity index (χ1v) is 8.05. The molecule has 2 rings (SSSR count).